The van der Waals surface area contributed by atoms with E-state index in [0.29, 0.717) is 6.54 Å². The summed E-state index contributed by atoms with van der Waals surface area (Å²) in [5, 5.41) is 16.0. The number of aryl methyl sites for hydroxylation is 1. The SMILES string of the molecule is Cc1csc(-c2cccc(NC(=O)N(C)CC3(O)CCC3)c2)n1. The van der Waals surface area contributed by atoms with Gasteiger partial charge in [-0.15, -0.1) is 11.3 Å². The molecule has 1 fully saturated rings. The monoisotopic (exact) mass is 331 g/mol. The summed E-state index contributed by atoms with van der Waals surface area (Å²) in [6.45, 7) is 2.33. The molecule has 1 aliphatic carbocycles. The second-order valence-corrected chi connectivity index (χ2v) is 7.10. The number of amides is 2. The van der Waals surface area contributed by atoms with Crippen molar-refractivity contribution >= 4 is 23.1 Å². The van der Waals surface area contributed by atoms with Gasteiger partial charge in [0.1, 0.15) is 5.01 Å². The Labute approximate surface area is 140 Å². The third-order valence-corrected chi connectivity index (χ3v) is 5.15. The van der Waals surface area contributed by atoms with Crippen LogP contribution < -0.4 is 5.32 Å². The number of hydrogen-bond donors (Lipinski definition) is 2. The minimum atomic E-state index is -0.702. The van der Waals surface area contributed by atoms with Crippen LogP contribution in [0.25, 0.3) is 10.6 Å². The number of likely N-dealkylation sites (N-methyl/N-ethyl adjacent to an activating group) is 1. The molecule has 0 saturated heterocycles. The fraction of sp³-hybridized carbons (Fsp3) is 0.412. The van der Waals surface area contributed by atoms with Gasteiger partial charge in [0.15, 0.2) is 0 Å². The smallest absolute Gasteiger partial charge is 0.321 e. The summed E-state index contributed by atoms with van der Waals surface area (Å²) < 4.78 is 0. The number of benzene rings is 1. The Morgan fingerprint density at radius 2 is 2.26 bits per heavy atom. The number of anilines is 1. The molecule has 2 N–H and O–H groups in total. The molecule has 5 nitrogen and oxygen atoms in total. The molecule has 0 radical (unpaired) electrons. The summed E-state index contributed by atoms with van der Waals surface area (Å²) in [6, 6.07) is 7.45. The lowest BCUT2D eigenvalue weighted by atomic mass is 9.80. The Morgan fingerprint density at radius 3 is 2.87 bits per heavy atom. The van der Waals surface area contributed by atoms with E-state index in [1.807, 2.05) is 36.6 Å². The van der Waals surface area contributed by atoms with Gasteiger partial charge < -0.3 is 15.3 Å². The van der Waals surface area contributed by atoms with E-state index < -0.39 is 5.60 Å². The van der Waals surface area contributed by atoms with E-state index in [1.165, 1.54) is 0 Å². The molecular weight excluding hydrogens is 310 g/mol. The van der Waals surface area contributed by atoms with E-state index in [2.05, 4.69) is 10.3 Å². The molecule has 1 aromatic carbocycles. The van der Waals surface area contributed by atoms with E-state index in [4.69, 9.17) is 0 Å². The lowest BCUT2D eigenvalue weighted by Crippen LogP contribution is -2.49. The normalized spacial score (nSPS) is 15.8. The second-order valence-electron chi connectivity index (χ2n) is 6.24. The van der Waals surface area contributed by atoms with Crippen molar-refractivity contribution in [1.29, 1.82) is 0 Å². The first-order valence-corrected chi connectivity index (χ1v) is 8.60. The summed E-state index contributed by atoms with van der Waals surface area (Å²) in [5.74, 6) is 0. The Balaban J connectivity index is 1.66. The molecule has 0 spiro atoms. The maximum atomic E-state index is 12.3. The molecule has 6 heteroatoms. The highest BCUT2D eigenvalue weighted by molar-refractivity contribution is 7.13. The van der Waals surface area contributed by atoms with E-state index in [0.717, 1.165) is 41.2 Å². The van der Waals surface area contributed by atoms with Crippen molar-refractivity contribution in [3.05, 3.63) is 35.3 Å². The number of nitrogens with one attached hydrogen (secondary N) is 1. The molecule has 1 saturated carbocycles. The van der Waals surface area contributed by atoms with Gasteiger partial charge >= 0.3 is 6.03 Å². The van der Waals surface area contributed by atoms with Gasteiger partial charge in [0.25, 0.3) is 0 Å². The van der Waals surface area contributed by atoms with Gasteiger partial charge in [-0.05, 0) is 38.3 Å². The van der Waals surface area contributed by atoms with Crippen LogP contribution in [0.1, 0.15) is 25.0 Å². The number of nitrogens with zero attached hydrogens (tertiary/aromatic N) is 2. The molecule has 3 rings (SSSR count). The van der Waals surface area contributed by atoms with Crippen molar-refractivity contribution in [3.63, 3.8) is 0 Å². The number of rotatable bonds is 4. The molecule has 0 aliphatic heterocycles. The standard InChI is InChI=1S/C17H21N3O2S/c1-12-10-23-15(18-12)13-5-3-6-14(9-13)19-16(21)20(2)11-17(22)7-4-8-17/h3,5-6,9-10,22H,4,7-8,11H2,1-2H3,(H,19,21). The Kier molecular flexibility index (Phi) is 4.37. The van der Waals surface area contributed by atoms with Crippen LogP contribution in [0, 0.1) is 6.92 Å². The number of urea groups is 1. The molecule has 2 amide bonds. The van der Waals surface area contributed by atoms with Gasteiger partial charge in [-0.2, -0.15) is 0 Å². The Morgan fingerprint density at radius 1 is 1.48 bits per heavy atom. The molecule has 1 aromatic heterocycles. The Bertz CT molecular complexity index is 709. The molecule has 0 unspecified atom stereocenters. The fourth-order valence-corrected chi connectivity index (χ4v) is 3.49. The first-order valence-electron chi connectivity index (χ1n) is 7.72. The zero-order chi connectivity index (χ0) is 16.4. The average molecular weight is 331 g/mol. The second kappa shape index (κ2) is 6.29. The van der Waals surface area contributed by atoms with E-state index in [9.17, 15) is 9.90 Å². The van der Waals surface area contributed by atoms with Crippen molar-refractivity contribution in [3.8, 4) is 10.6 Å². The highest BCUT2D eigenvalue weighted by Crippen LogP contribution is 2.32. The van der Waals surface area contributed by atoms with Crippen LogP contribution in [0.15, 0.2) is 29.6 Å². The van der Waals surface area contributed by atoms with Gasteiger partial charge in [0.2, 0.25) is 0 Å². The van der Waals surface area contributed by atoms with Crippen LogP contribution in [0.5, 0.6) is 0 Å². The Hall–Kier alpha value is -1.92. The largest absolute Gasteiger partial charge is 0.388 e. The molecule has 23 heavy (non-hydrogen) atoms. The summed E-state index contributed by atoms with van der Waals surface area (Å²) in [7, 11) is 1.71. The van der Waals surface area contributed by atoms with Gasteiger partial charge in [0.05, 0.1) is 12.1 Å². The van der Waals surface area contributed by atoms with Crippen molar-refractivity contribution in [2.24, 2.45) is 0 Å². The van der Waals surface area contributed by atoms with Crippen molar-refractivity contribution < 1.29 is 9.90 Å². The maximum Gasteiger partial charge on any atom is 0.321 e. The highest BCUT2D eigenvalue weighted by Gasteiger charge is 2.36. The molecule has 122 valence electrons. The maximum absolute atomic E-state index is 12.3. The average Bonchev–Trinajstić information content (AvgIpc) is 2.92. The number of carbonyl (C=O) groups is 1. The van der Waals surface area contributed by atoms with E-state index in [-0.39, 0.29) is 6.03 Å². The molecular formula is C17H21N3O2S. The first kappa shape index (κ1) is 16.0. The van der Waals surface area contributed by atoms with Gasteiger partial charge in [-0.1, -0.05) is 12.1 Å². The van der Waals surface area contributed by atoms with Gasteiger partial charge in [-0.3, -0.25) is 0 Å². The van der Waals surface area contributed by atoms with Crippen LogP contribution in [-0.2, 0) is 0 Å². The minimum Gasteiger partial charge on any atom is -0.388 e. The summed E-state index contributed by atoms with van der Waals surface area (Å²) in [4.78, 5) is 18.3. The van der Waals surface area contributed by atoms with E-state index >= 15 is 0 Å². The summed E-state index contributed by atoms with van der Waals surface area (Å²) >= 11 is 1.59. The fourth-order valence-electron chi connectivity index (χ4n) is 2.69. The number of hydrogen-bond acceptors (Lipinski definition) is 4. The van der Waals surface area contributed by atoms with Gasteiger partial charge in [0, 0.05) is 29.4 Å². The lowest BCUT2D eigenvalue weighted by molar-refractivity contribution is -0.0467. The summed E-state index contributed by atoms with van der Waals surface area (Å²) in [6.07, 6.45) is 2.56. The third-order valence-electron chi connectivity index (χ3n) is 4.14. The number of aromatic nitrogens is 1. The number of carbonyl (C=O) groups excluding carboxylic acids is 1. The van der Waals surface area contributed by atoms with Crippen LogP contribution >= 0.6 is 11.3 Å². The zero-order valence-corrected chi connectivity index (χ0v) is 14.2. The first-order chi connectivity index (χ1) is 11.0. The van der Waals surface area contributed by atoms with Crippen LogP contribution in [-0.4, -0.2) is 40.2 Å². The molecule has 0 bridgehead atoms. The van der Waals surface area contributed by atoms with Crippen molar-refractivity contribution in [2.75, 3.05) is 18.9 Å². The number of thiazole rings is 1. The van der Waals surface area contributed by atoms with Crippen LogP contribution in [0.2, 0.25) is 0 Å². The molecule has 2 aromatic rings. The van der Waals surface area contributed by atoms with Crippen molar-refractivity contribution in [1.82, 2.24) is 9.88 Å². The highest BCUT2D eigenvalue weighted by atomic mass is 32.1. The minimum absolute atomic E-state index is 0.210. The van der Waals surface area contributed by atoms with Crippen molar-refractivity contribution in [2.45, 2.75) is 31.8 Å². The van der Waals surface area contributed by atoms with Crippen LogP contribution in [0.3, 0.4) is 0 Å². The topological polar surface area (TPSA) is 65.5 Å². The molecule has 1 aliphatic rings. The zero-order valence-electron chi connectivity index (χ0n) is 13.4. The predicted molar refractivity (Wildman–Crippen MR) is 92.7 cm³/mol. The number of aliphatic hydroxyl groups is 1. The molecule has 1 heterocycles. The van der Waals surface area contributed by atoms with E-state index in [1.54, 1.807) is 23.3 Å². The quantitative estimate of drug-likeness (QED) is 0.901. The third kappa shape index (κ3) is 3.71. The lowest BCUT2D eigenvalue weighted by Gasteiger charge is -2.39. The molecule has 0 atom stereocenters. The van der Waals surface area contributed by atoms with Crippen LogP contribution in [0.4, 0.5) is 10.5 Å². The summed E-state index contributed by atoms with van der Waals surface area (Å²) in [5.41, 5.74) is 2.01. The predicted octanol–water partition coefficient (Wildman–Crippen LogP) is 3.50. The van der Waals surface area contributed by atoms with Gasteiger partial charge in [-0.25, -0.2) is 9.78 Å².